The molecule has 0 heterocycles. The number of hydrogen-bond acceptors (Lipinski definition) is 13. The molecule has 0 fully saturated rings. The fraction of sp³-hybridized carbons (Fsp3) is 1.00. The summed E-state index contributed by atoms with van der Waals surface area (Å²) in [4.78, 5) is 0. The first-order chi connectivity index (χ1) is 21.4. The molecule has 0 aromatic rings. The second kappa shape index (κ2) is 41.5. The van der Waals surface area contributed by atoms with Crippen molar-refractivity contribution in [3.63, 3.8) is 0 Å². The van der Waals surface area contributed by atoms with Crippen molar-refractivity contribution < 1.29 is 61.6 Å². The van der Waals surface area contributed by atoms with Crippen LogP contribution < -0.4 is 0 Å². The molecule has 0 unspecified atom stereocenters. The van der Waals surface area contributed by atoms with Crippen LogP contribution in [0.15, 0.2) is 0 Å². The first-order valence-electron chi connectivity index (χ1n) is 15.8. The second-order valence-electron chi connectivity index (χ2n) is 9.05. The summed E-state index contributed by atoms with van der Waals surface area (Å²) >= 11 is 0. The molecular formula is C30H62O13. The molecule has 13 heteroatoms. The predicted octanol–water partition coefficient (Wildman–Crippen LogP) is 2.02. The highest BCUT2D eigenvalue weighted by atomic mass is 16.6. The summed E-state index contributed by atoms with van der Waals surface area (Å²) in [7, 11) is 1.65. The maximum Gasteiger partial charge on any atom is 0.0701 e. The Bertz CT molecular complexity index is 437. The molecule has 260 valence electrons. The number of methoxy groups -OCH3 is 1. The van der Waals surface area contributed by atoms with E-state index in [2.05, 4.69) is 6.92 Å². The van der Waals surface area contributed by atoms with Crippen LogP contribution >= 0.6 is 0 Å². The van der Waals surface area contributed by atoms with Gasteiger partial charge in [0.2, 0.25) is 0 Å². The third-order valence-corrected chi connectivity index (χ3v) is 5.42. The first-order valence-corrected chi connectivity index (χ1v) is 15.8. The minimum Gasteiger partial charge on any atom is -0.382 e. The molecule has 0 aliphatic rings. The van der Waals surface area contributed by atoms with Crippen LogP contribution in [-0.2, 0) is 61.6 Å². The summed E-state index contributed by atoms with van der Waals surface area (Å²) < 4.78 is 70.3. The molecule has 0 amide bonds. The van der Waals surface area contributed by atoms with Crippen LogP contribution in [0.2, 0.25) is 0 Å². The van der Waals surface area contributed by atoms with Crippen molar-refractivity contribution in [3.05, 3.63) is 0 Å². The minimum atomic E-state index is 0.516. The average Bonchev–Trinajstić information content (AvgIpc) is 3.02. The van der Waals surface area contributed by atoms with Crippen molar-refractivity contribution in [3.8, 4) is 0 Å². The summed E-state index contributed by atoms with van der Waals surface area (Å²) in [5, 5.41) is 0. The molecule has 0 atom stereocenters. The lowest BCUT2D eigenvalue weighted by Crippen LogP contribution is -2.15. The lowest BCUT2D eigenvalue weighted by Gasteiger charge is -2.09. The largest absolute Gasteiger partial charge is 0.382 e. The Morgan fingerprint density at radius 3 is 0.605 bits per heavy atom. The Morgan fingerprint density at radius 1 is 0.233 bits per heavy atom. The summed E-state index contributed by atoms with van der Waals surface area (Å²) in [6.45, 7) is 16.1. The SMILES string of the molecule is CCCCCOCCOCCOCCOCCOCCOCCOCCOCCOCCOCCOCCOCCOC. The van der Waals surface area contributed by atoms with E-state index in [4.69, 9.17) is 61.6 Å². The van der Waals surface area contributed by atoms with Crippen molar-refractivity contribution >= 4 is 0 Å². The van der Waals surface area contributed by atoms with Gasteiger partial charge in [-0.2, -0.15) is 0 Å². The molecule has 0 aliphatic heterocycles. The van der Waals surface area contributed by atoms with Gasteiger partial charge in [0, 0.05) is 13.7 Å². The maximum absolute atomic E-state index is 5.48. The van der Waals surface area contributed by atoms with E-state index in [9.17, 15) is 0 Å². The van der Waals surface area contributed by atoms with E-state index in [1.807, 2.05) is 0 Å². The Balaban J connectivity index is 3.02. The van der Waals surface area contributed by atoms with E-state index in [1.165, 1.54) is 12.8 Å². The monoisotopic (exact) mass is 630 g/mol. The molecule has 0 aromatic carbocycles. The smallest absolute Gasteiger partial charge is 0.0701 e. The Labute approximate surface area is 260 Å². The zero-order valence-electron chi connectivity index (χ0n) is 27.1. The van der Waals surface area contributed by atoms with E-state index in [0.717, 1.165) is 13.0 Å². The lowest BCUT2D eigenvalue weighted by atomic mass is 10.3. The number of hydrogen-bond donors (Lipinski definition) is 0. The van der Waals surface area contributed by atoms with Gasteiger partial charge in [-0.1, -0.05) is 19.8 Å². The van der Waals surface area contributed by atoms with Crippen molar-refractivity contribution in [2.24, 2.45) is 0 Å². The molecule has 0 rings (SSSR count). The highest BCUT2D eigenvalue weighted by molar-refractivity contribution is 4.40. The molecule has 0 bridgehead atoms. The maximum atomic E-state index is 5.48. The molecule has 0 N–H and O–H groups in total. The van der Waals surface area contributed by atoms with Crippen LogP contribution in [0.4, 0.5) is 0 Å². The van der Waals surface area contributed by atoms with E-state index >= 15 is 0 Å². The van der Waals surface area contributed by atoms with Gasteiger partial charge in [0.05, 0.1) is 159 Å². The first kappa shape index (κ1) is 42.5. The third kappa shape index (κ3) is 41.5. The fourth-order valence-corrected chi connectivity index (χ4v) is 3.12. The minimum absolute atomic E-state index is 0.516. The molecule has 0 saturated carbocycles. The molecule has 0 aromatic heterocycles. The van der Waals surface area contributed by atoms with E-state index in [-0.39, 0.29) is 0 Å². The third-order valence-electron chi connectivity index (χ3n) is 5.42. The van der Waals surface area contributed by atoms with Gasteiger partial charge in [-0.25, -0.2) is 0 Å². The molecule has 0 spiro atoms. The number of rotatable bonds is 40. The van der Waals surface area contributed by atoms with Gasteiger partial charge in [0.1, 0.15) is 0 Å². The van der Waals surface area contributed by atoms with E-state index in [1.54, 1.807) is 7.11 Å². The van der Waals surface area contributed by atoms with Crippen LogP contribution in [0, 0.1) is 0 Å². The Morgan fingerprint density at radius 2 is 0.419 bits per heavy atom. The van der Waals surface area contributed by atoms with Crippen molar-refractivity contribution in [2.45, 2.75) is 26.2 Å². The van der Waals surface area contributed by atoms with Crippen LogP contribution in [-0.4, -0.2) is 172 Å². The predicted molar refractivity (Wildman–Crippen MR) is 161 cm³/mol. The molecule has 43 heavy (non-hydrogen) atoms. The highest BCUT2D eigenvalue weighted by Gasteiger charge is 1.96. The fourth-order valence-electron chi connectivity index (χ4n) is 3.12. The Kier molecular flexibility index (Phi) is 41.0. The van der Waals surface area contributed by atoms with E-state index < -0.39 is 0 Å². The lowest BCUT2D eigenvalue weighted by molar-refractivity contribution is -0.0287. The molecule has 0 aliphatic carbocycles. The zero-order chi connectivity index (χ0) is 31.0. The average molecular weight is 631 g/mol. The number of ether oxygens (including phenoxy) is 13. The summed E-state index contributed by atoms with van der Waals surface area (Å²) in [6, 6.07) is 0. The van der Waals surface area contributed by atoms with Gasteiger partial charge in [0.25, 0.3) is 0 Å². The van der Waals surface area contributed by atoms with E-state index in [0.29, 0.717) is 159 Å². The molecule has 0 radical (unpaired) electrons. The summed E-state index contributed by atoms with van der Waals surface area (Å²) in [5.41, 5.74) is 0. The van der Waals surface area contributed by atoms with Gasteiger partial charge >= 0.3 is 0 Å². The summed E-state index contributed by atoms with van der Waals surface area (Å²) in [6.07, 6.45) is 3.55. The van der Waals surface area contributed by atoms with Crippen LogP contribution in [0.3, 0.4) is 0 Å². The van der Waals surface area contributed by atoms with Gasteiger partial charge in [0.15, 0.2) is 0 Å². The van der Waals surface area contributed by atoms with Crippen molar-refractivity contribution in [1.29, 1.82) is 0 Å². The molecule has 13 nitrogen and oxygen atoms in total. The quantitative estimate of drug-likeness (QED) is 0.0920. The molecular weight excluding hydrogens is 568 g/mol. The highest BCUT2D eigenvalue weighted by Crippen LogP contribution is 1.94. The summed E-state index contributed by atoms with van der Waals surface area (Å²) in [5.74, 6) is 0. The van der Waals surface area contributed by atoms with Gasteiger partial charge in [-0.15, -0.1) is 0 Å². The van der Waals surface area contributed by atoms with Crippen molar-refractivity contribution in [2.75, 3.05) is 172 Å². The Hall–Kier alpha value is -0.520. The second-order valence-corrected chi connectivity index (χ2v) is 9.05. The van der Waals surface area contributed by atoms with Crippen LogP contribution in [0.5, 0.6) is 0 Å². The number of unbranched alkanes of at least 4 members (excludes halogenated alkanes) is 2. The van der Waals surface area contributed by atoms with Crippen LogP contribution in [0.25, 0.3) is 0 Å². The van der Waals surface area contributed by atoms with Gasteiger partial charge in [-0.05, 0) is 6.42 Å². The van der Waals surface area contributed by atoms with Gasteiger partial charge in [-0.3, -0.25) is 0 Å². The molecule has 0 saturated heterocycles. The topological polar surface area (TPSA) is 120 Å². The van der Waals surface area contributed by atoms with Gasteiger partial charge < -0.3 is 61.6 Å². The standard InChI is InChI=1S/C30H62O13/c1-3-4-5-6-32-9-10-34-13-14-36-17-18-38-21-22-40-25-26-42-29-30-43-28-27-41-24-23-39-20-19-37-16-15-35-12-11-33-8-7-31-2/h3-30H2,1-2H3. The van der Waals surface area contributed by atoms with Crippen LogP contribution in [0.1, 0.15) is 26.2 Å². The zero-order valence-corrected chi connectivity index (χ0v) is 27.1. The van der Waals surface area contributed by atoms with Crippen molar-refractivity contribution in [1.82, 2.24) is 0 Å². The normalized spacial score (nSPS) is 11.6.